The molecule has 1 fully saturated rings. The van der Waals surface area contributed by atoms with E-state index in [4.69, 9.17) is 0 Å². The Balaban J connectivity index is 1.57. The van der Waals surface area contributed by atoms with Gasteiger partial charge in [0.1, 0.15) is 0 Å². The molecule has 16 heavy (non-hydrogen) atoms. The zero-order valence-corrected chi connectivity index (χ0v) is 10.4. The van der Waals surface area contributed by atoms with Crippen LogP contribution in [-0.4, -0.2) is 18.5 Å². The number of hydrogen-bond donors (Lipinski definition) is 2. The number of carbonyl (C=O) groups is 1. The van der Waals surface area contributed by atoms with Crippen molar-refractivity contribution < 1.29 is 4.79 Å². The normalized spacial score (nSPS) is 15.1. The van der Waals surface area contributed by atoms with Gasteiger partial charge < -0.3 is 10.6 Å². The van der Waals surface area contributed by atoms with E-state index in [1.165, 1.54) is 10.4 Å². The van der Waals surface area contributed by atoms with Crippen LogP contribution in [0.2, 0.25) is 0 Å². The maximum Gasteiger partial charge on any atom is 0.221 e. The van der Waals surface area contributed by atoms with Crippen LogP contribution in [0.4, 0.5) is 0 Å². The first-order chi connectivity index (χ1) is 7.75. The third-order valence-electron chi connectivity index (χ3n) is 2.73. The van der Waals surface area contributed by atoms with Gasteiger partial charge in [-0.3, -0.25) is 4.79 Å². The fourth-order valence-corrected chi connectivity index (χ4v) is 2.39. The van der Waals surface area contributed by atoms with Crippen LogP contribution in [0.15, 0.2) is 11.4 Å². The van der Waals surface area contributed by atoms with Crippen LogP contribution in [0, 0.1) is 6.92 Å². The highest BCUT2D eigenvalue weighted by Gasteiger charge is 2.22. The second-order valence-corrected chi connectivity index (χ2v) is 5.30. The smallest absolute Gasteiger partial charge is 0.221 e. The van der Waals surface area contributed by atoms with E-state index in [0.717, 1.165) is 25.9 Å². The molecule has 1 aliphatic carbocycles. The van der Waals surface area contributed by atoms with Crippen molar-refractivity contribution in [3.63, 3.8) is 0 Å². The molecule has 0 unspecified atom stereocenters. The summed E-state index contributed by atoms with van der Waals surface area (Å²) >= 11 is 1.77. The van der Waals surface area contributed by atoms with Crippen molar-refractivity contribution >= 4 is 17.2 Å². The molecule has 0 radical (unpaired) electrons. The lowest BCUT2D eigenvalue weighted by Crippen LogP contribution is -2.28. The van der Waals surface area contributed by atoms with Crippen molar-refractivity contribution in [1.29, 1.82) is 0 Å². The molecule has 1 heterocycles. The highest BCUT2D eigenvalue weighted by molar-refractivity contribution is 7.10. The minimum atomic E-state index is 0.179. The summed E-state index contributed by atoms with van der Waals surface area (Å²) in [5.41, 5.74) is 1.33. The van der Waals surface area contributed by atoms with Gasteiger partial charge in [-0.05, 0) is 36.8 Å². The summed E-state index contributed by atoms with van der Waals surface area (Å²) in [4.78, 5) is 12.7. The Labute approximate surface area is 100 Å². The number of rotatable bonds is 6. The Hall–Kier alpha value is -0.870. The van der Waals surface area contributed by atoms with Crippen LogP contribution < -0.4 is 10.6 Å². The molecule has 1 amide bonds. The number of amides is 1. The summed E-state index contributed by atoms with van der Waals surface area (Å²) in [6.07, 6.45) is 2.90. The van der Waals surface area contributed by atoms with Crippen molar-refractivity contribution in [2.75, 3.05) is 6.54 Å². The van der Waals surface area contributed by atoms with Crippen molar-refractivity contribution in [2.24, 2.45) is 0 Å². The van der Waals surface area contributed by atoms with E-state index in [1.807, 2.05) is 0 Å². The SMILES string of the molecule is Cc1ccsc1CNCCC(=O)NC1CC1. The molecular formula is C12H18N2OS. The molecule has 2 N–H and O–H groups in total. The first-order valence-electron chi connectivity index (χ1n) is 5.79. The highest BCUT2D eigenvalue weighted by Crippen LogP contribution is 2.18. The quantitative estimate of drug-likeness (QED) is 0.742. The van der Waals surface area contributed by atoms with E-state index >= 15 is 0 Å². The standard InChI is InChI=1S/C12H18N2OS/c1-9-5-7-16-11(9)8-13-6-4-12(15)14-10-2-3-10/h5,7,10,13H,2-4,6,8H2,1H3,(H,14,15). The first kappa shape index (κ1) is 11.6. The Morgan fingerprint density at radius 3 is 3.00 bits per heavy atom. The first-order valence-corrected chi connectivity index (χ1v) is 6.66. The van der Waals surface area contributed by atoms with Gasteiger partial charge in [0.2, 0.25) is 5.91 Å². The number of aryl methyl sites for hydroxylation is 1. The zero-order valence-electron chi connectivity index (χ0n) is 9.58. The molecule has 1 saturated carbocycles. The van der Waals surface area contributed by atoms with Crippen LogP contribution in [0.25, 0.3) is 0 Å². The summed E-state index contributed by atoms with van der Waals surface area (Å²) in [6.45, 7) is 3.75. The minimum Gasteiger partial charge on any atom is -0.353 e. The van der Waals surface area contributed by atoms with Crippen molar-refractivity contribution in [2.45, 2.75) is 38.8 Å². The van der Waals surface area contributed by atoms with E-state index < -0.39 is 0 Å². The summed E-state index contributed by atoms with van der Waals surface area (Å²) in [7, 11) is 0. The van der Waals surface area contributed by atoms with E-state index in [-0.39, 0.29) is 5.91 Å². The minimum absolute atomic E-state index is 0.179. The van der Waals surface area contributed by atoms with Gasteiger partial charge in [-0.1, -0.05) is 0 Å². The van der Waals surface area contributed by atoms with E-state index in [9.17, 15) is 4.79 Å². The lowest BCUT2D eigenvalue weighted by molar-refractivity contribution is -0.121. The van der Waals surface area contributed by atoms with Gasteiger partial charge in [0.25, 0.3) is 0 Å². The van der Waals surface area contributed by atoms with Gasteiger partial charge in [-0.2, -0.15) is 0 Å². The van der Waals surface area contributed by atoms with Gasteiger partial charge >= 0.3 is 0 Å². The van der Waals surface area contributed by atoms with E-state index in [0.29, 0.717) is 12.5 Å². The fraction of sp³-hybridized carbons (Fsp3) is 0.583. The molecule has 0 saturated heterocycles. The Morgan fingerprint density at radius 1 is 1.56 bits per heavy atom. The second-order valence-electron chi connectivity index (χ2n) is 4.30. The van der Waals surface area contributed by atoms with Crippen molar-refractivity contribution in [1.82, 2.24) is 10.6 Å². The van der Waals surface area contributed by atoms with Crippen LogP contribution >= 0.6 is 11.3 Å². The van der Waals surface area contributed by atoms with Crippen LogP contribution in [-0.2, 0) is 11.3 Å². The molecule has 0 aromatic carbocycles. The van der Waals surface area contributed by atoms with Crippen LogP contribution in [0.3, 0.4) is 0 Å². The van der Waals surface area contributed by atoms with Gasteiger partial charge in [0, 0.05) is 30.4 Å². The van der Waals surface area contributed by atoms with Gasteiger partial charge in [0.15, 0.2) is 0 Å². The van der Waals surface area contributed by atoms with Gasteiger partial charge in [0.05, 0.1) is 0 Å². The molecule has 1 aromatic rings. The monoisotopic (exact) mass is 238 g/mol. The zero-order chi connectivity index (χ0) is 11.4. The number of carbonyl (C=O) groups excluding carboxylic acids is 1. The summed E-state index contributed by atoms with van der Waals surface area (Å²) in [5.74, 6) is 0.179. The Morgan fingerprint density at radius 2 is 2.38 bits per heavy atom. The summed E-state index contributed by atoms with van der Waals surface area (Å²) in [5, 5.41) is 8.39. The van der Waals surface area contributed by atoms with Crippen LogP contribution in [0.5, 0.6) is 0 Å². The van der Waals surface area contributed by atoms with E-state index in [2.05, 4.69) is 29.0 Å². The molecule has 1 aliphatic rings. The number of nitrogens with one attached hydrogen (secondary N) is 2. The Kier molecular flexibility index (Phi) is 3.96. The maximum atomic E-state index is 11.4. The van der Waals surface area contributed by atoms with Crippen molar-refractivity contribution in [3.05, 3.63) is 21.9 Å². The molecule has 2 rings (SSSR count). The average molecular weight is 238 g/mol. The molecular weight excluding hydrogens is 220 g/mol. The number of thiophene rings is 1. The lowest BCUT2D eigenvalue weighted by atomic mass is 10.3. The largest absolute Gasteiger partial charge is 0.353 e. The number of hydrogen-bond acceptors (Lipinski definition) is 3. The Bertz CT molecular complexity index is 358. The summed E-state index contributed by atoms with van der Waals surface area (Å²) in [6, 6.07) is 2.61. The molecule has 0 spiro atoms. The predicted molar refractivity (Wildman–Crippen MR) is 66.5 cm³/mol. The molecule has 0 aliphatic heterocycles. The van der Waals surface area contributed by atoms with E-state index in [1.54, 1.807) is 11.3 Å². The van der Waals surface area contributed by atoms with Crippen LogP contribution in [0.1, 0.15) is 29.7 Å². The third-order valence-corrected chi connectivity index (χ3v) is 3.75. The fourth-order valence-electron chi connectivity index (χ4n) is 1.52. The molecule has 1 aromatic heterocycles. The van der Waals surface area contributed by atoms with Gasteiger partial charge in [-0.25, -0.2) is 0 Å². The molecule has 4 heteroatoms. The molecule has 88 valence electrons. The topological polar surface area (TPSA) is 41.1 Å². The predicted octanol–water partition coefficient (Wildman–Crippen LogP) is 1.81. The lowest BCUT2D eigenvalue weighted by Gasteiger charge is -2.05. The van der Waals surface area contributed by atoms with Crippen molar-refractivity contribution in [3.8, 4) is 0 Å². The molecule has 3 nitrogen and oxygen atoms in total. The molecule has 0 atom stereocenters. The maximum absolute atomic E-state index is 11.4. The summed E-state index contributed by atoms with van der Waals surface area (Å²) < 4.78 is 0. The third kappa shape index (κ3) is 3.61. The highest BCUT2D eigenvalue weighted by atomic mass is 32.1. The second kappa shape index (κ2) is 5.46. The molecule has 0 bridgehead atoms. The van der Waals surface area contributed by atoms with Gasteiger partial charge in [-0.15, -0.1) is 11.3 Å². The average Bonchev–Trinajstić information content (AvgIpc) is 2.96.